The van der Waals surface area contributed by atoms with Crippen LogP contribution in [-0.4, -0.2) is 13.7 Å². The van der Waals surface area contributed by atoms with E-state index in [1.165, 1.54) is 0 Å². The lowest BCUT2D eigenvalue weighted by atomic mass is 10.2. The van der Waals surface area contributed by atoms with Gasteiger partial charge < -0.3 is 4.74 Å². The lowest BCUT2D eigenvalue weighted by Crippen LogP contribution is -1.93. The molecule has 0 amide bonds. The van der Waals surface area contributed by atoms with E-state index in [0.29, 0.717) is 16.7 Å². The zero-order chi connectivity index (χ0) is 8.97. The molecule has 66 valence electrons. The first-order chi connectivity index (χ1) is 5.72. The van der Waals surface area contributed by atoms with E-state index in [0.717, 1.165) is 12.0 Å². The lowest BCUT2D eigenvalue weighted by Gasteiger charge is -2.01. The highest BCUT2D eigenvalue weighted by atomic mass is 35.5. The predicted octanol–water partition coefficient (Wildman–Crippen LogP) is 3.18. The van der Waals surface area contributed by atoms with Crippen molar-refractivity contribution >= 4 is 23.2 Å². The van der Waals surface area contributed by atoms with Crippen LogP contribution in [0.15, 0.2) is 18.2 Å². The summed E-state index contributed by atoms with van der Waals surface area (Å²) < 4.78 is 4.94. The number of ether oxygens (including phenoxy) is 1. The zero-order valence-corrected chi connectivity index (χ0v) is 8.32. The minimum absolute atomic E-state index is 0.675. The smallest absolute Gasteiger partial charge is 0.0502 e. The van der Waals surface area contributed by atoms with Crippen molar-refractivity contribution < 1.29 is 4.74 Å². The van der Waals surface area contributed by atoms with Gasteiger partial charge in [-0.2, -0.15) is 0 Å². The molecule has 1 rings (SSSR count). The molecular weight excluding hydrogens is 195 g/mol. The highest BCUT2D eigenvalue weighted by Crippen LogP contribution is 2.19. The average molecular weight is 205 g/mol. The number of hydrogen-bond donors (Lipinski definition) is 0. The summed E-state index contributed by atoms with van der Waals surface area (Å²) in [6.45, 7) is 0.691. The highest BCUT2D eigenvalue weighted by Gasteiger charge is 1.97. The van der Waals surface area contributed by atoms with E-state index in [9.17, 15) is 0 Å². The fraction of sp³-hybridized carbons (Fsp3) is 0.333. The zero-order valence-electron chi connectivity index (χ0n) is 6.81. The Hall–Kier alpha value is -0.240. The molecule has 1 aromatic carbocycles. The average Bonchev–Trinajstić information content (AvgIpc) is 1.99. The molecule has 1 nitrogen and oxygen atoms in total. The van der Waals surface area contributed by atoms with Crippen molar-refractivity contribution in [2.75, 3.05) is 13.7 Å². The predicted molar refractivity (Wildman–Crippen MR) is 52.0 cm³/mol. The van der Waals surface area contributed by atoms with Gasteiger partial charge in [-0.25, -0.2) is 0 Å². The third-order valence-corrected chi connectivity index (χ3v) is 1.95. The standard InChI is InChI=1S/C9H10Cl2O/c1-12-3-2-7-4-8(10)6-9(11)5-7/h4-6H,2-3H2,1H3. The molecule has 0 aliphatic rings. The molecule has 1 aromatic rings. The van der Waals surface area contributed by atoms with Crippen LogP contribution >= 0.6 is 23.2 Å². The summed E-state index contributed by atoms with van der Waals surface area (Å²) in [4.78, 5) is 0. The third-order valence-electron chi connectivity index (χ3n) is 1.52. The molecule has 0 atom stereocenters. The van der Waals surface area contributed by atoms with Crippen molar-refractivity contribution in [3.05, 3.63) is 33.8 Å². The van der Waals surface area contributed by atoms with Crippen LogP contribution < -0.4 is 0 Å². The second-order valence-electron chi connectivity index (χ2n) is 2.52. The van der Waals surface area contributed by atoms with Crippen molar-refractivity contribution in [3.8, 4) is 0 Å². The van der Waals surface area contributed by atoms with Crippen LogP contribution in [0.3, 0.4) is 0 Å². The minimum atomic E-state index is 0.675. The molecule has 0 saturated heterocycles. The van der Waals surface area contributed by atoms with E-state index < -0.39 is 0 Å². The maximum atomic E-state index is 5.80. The Balaban J connectivity index is 2.72. The summed E-state index contributed by atoms with van der Waals surface area (Å²) in [6.07, 6.45) is 0.844. The fourth-order valence-corrected chi connectivity index (χ4v) is 1.55. The van der Waals surface area contributed by atoms with Crippen LogP contribution in [0.4, 0.5) is 0 Å². The van der Waals surface area contributed by atoms with Gasteiger partial charge in [-0.05, 0) is 30.2 Å². The Morgan fingerprint density at radius 2 is 1.75 bits per heavy atom. The number of halogens is 2. The summed E-state index contributed by atoms with van der Waals surface area (Å²) in [5, 5.41) is 1.35. The second-order valence-corrected chi connectivity index (χ2v) is 3.39. The number of rotatable bonds is 3. The molecule has 0 fully saturated rings. The van der Waals surface area contributed by atoms with Gasteiger partial charge in [0, 0.05) is 17.2 Å². The van der Waals surface area contributed by atoms with Gasteiger partial charge in [0.05, 0.1) is 6.61 Å². The monoisotopic (exact) mass is 204 g/mol. The summed E-state index contributed by atoms with van der Waals surface area (Å²) >= 11 is 11.6. The molecule has 12 heavy (non-hydrogen) atoms. The van der Waals surface area contributed by atoms with E-state index in [4.69, 9.17) is 27.9 Å². The topological polar surface area (TPSA) is 9.23 Å². The van der Waals surface area contributed by atoms with Gasteiger partial charge in [-0.1, -0.05) is 23.2 Å². The summed E-state index contributed by atoms with van der Waals surface area (Å²) in [5.74, 6) is 0. The van der Waals surface area contributed by atoms with Gasteiger partial charge in [0.1, 0.15) is 0 Å². The van der Waals surface area contributed by atoms with E-state index >= 15 is 0 Å². The minimum Gasteiger partial charge on any atom is -0.384 e. The van der Waals surface area contributed by atoms with E-state index in [2.05, 4.69) is 0 Å². The van der Waals surface area contributed by atoms with Crippen LogP contribution in [0.2, 0.25) is 10.0 Å². The second kappa shape index (κ2) is 4.70. The molecule has 0 saturated carbocycles. The molecule has 0 aliphatic carbocycles. The quantitative estimate of drug-likeness (QED) is 0.736. The first-order valence-electron chi connectivity index (χ1n) is 3.66. The Morgan fingerprint density at radius 3 is 2.25 bits per heavy atom. The van der Waals surface area contributed by atoms with E-state index in [-0.39, 0.29) is 0 Å². The highest BCUT2D eigenvalue weighted by molar-refractivity contribution is 6.34. The molecule has 0 spiro atoms. The molecule has 0 radical (unpaired) electrons. The third kappa shape index (κ3) is 3.02. The molecular formula is C9H10Cl2O. The molecule has 0 unspecified atom stereocenters. The van der Waals surface area contributed by atoms with Crippen LogP contribution in [0.25, 0.3) is 0 Å². The Bertz CT molecular complexity index is 240. The number of benzene rings is 1. The van der Waals surface area contributed by atoms with Gasteiger partial charge in [-0.3, -0.25) is 0 Å². The van der Waals surface area contributed by atoms with Crippen LogP contribution in [0.5, 0.6) is 0 Å². The largest absolute Gasteiger partial charge is 0.384 e. The fourth-order valence-electron chi connectivity index (χ4n) is 0.975. The van der Waals surface area contributed by atoms with Gasteiger partial charge in [0.15, 0.2) is 0 Å². The Labute approximate surface area is 82.2 Å². The summed E-state index contributed by atoms with van der Waals surface area (Å²) in [7, 11) is 1.67. The SMILES string of the molecule is COCCc1cc(Cl)cc(Cl)c1. The van der Waals surface area contributed by atoms with Crippen molar-refractivity contribution in [1.82, 2.24) is 0 Å². The van der Waals surface area contributed by atoms with Crippen LogP contribution in [-0.2, 0) is 11.2 Å². The van der Waals surface area contributed by atoms with Gasteiger partial charge in [0.25, 0.3) is 0 Å². The number of methoxy groups -OCH3 is 1. The molecule has 0 heterocycles. The van der Waals surface area contributed by atoms with Crippen molar-refractivity contribution in [1.29, 1.82) is 0 Å². The van der Waals surface area contributed by atoms with Crippen LogP contribution in [0, 0.1) is 0 Å². The molecule has 0 N–H and O–H groups in total. The lowest BCUT2D eigenvalue weighted by molar-refractivity contribution is 0.202. The van der Waals surface area contributed by atoms with Crippen molar-refractivity contribution in [3.63, 3.8) is 0 Å². The first-order valence-corrected chi connectivity index (χ1v) is 4.42. The molecule has 0 aliphatic heterocycles. The summed E-state index contributed by atoms with van der Waals surface area (Å²) in [6, 6.07) is 5.51. The van der Waals surface area contributed by atoms with Gasteiger partial charge in [0.2, 0.25) is 0 Å². The van der Waals surface area contributed by atoms with E-state index in [1.54, 1.807) is 13.2 Å². The molecule has 0 aromatic heterocycles. The maximum Gasteiger partial charge on any atom is 0.0502 e. The normalized spacial score (nSPS) is 10.2. The summed E-state index contributed by atoms with van der Waals surface area (Å²) in [5.41, 5.74) is 1.11. The maximum absolute atomic E-state index is 5.80. The number of hydrogen-bond acceptors (Lipinski definition) is 1. The Morgan fingerprint density at radius 1 is 1.17 bits per heavy atom. The van der Waals surface area contributed by atoms with Crippen LogP contribution in [0.1, 0.15) is 5.56 Å². The van der Waals surface area contributed by atoms with Gasteiger partial charge >= 0.3 is 0 Å². The van der Waals surface area contributed by atoms with E-state index in [1.807, 2.05) is 12.1 Å². The molecule has 3 heteroatoms. The van der Waals surface area contributed by atoms with Crippen molar-refractivity contribution in [2.24, 2.45) is 0 Å². The Kier molecular flexibility index (Phi) is 3.86. The van der Waals surface area contributed by atoms with Crippen molar-refractivity contribution in [2.45, 2.75) is 6.42 Å². The first kappa shape index (κ1) is 9.85. The molecule has 0 bridgehead atoms. The van der Waals surface area contributed by atoms with Gasteiger partial charge in [-0.15, -0.1) is 0 Å².